The van der Waals surface area contributed by atoms with Gasteiger partial charge in [-0.15, -0.1) is 0 Å². The van der Waals surface area contributed by atoms with E-state index in [-0.39, 0.29) is 12.1 Å². The number of piperidine rings is 1. The second-order valence-corrected chi connectivity index (χ2v) is 7.26. The summed E-state index contributed by atoms with van der Waals surface area (Å²) in [6, 6.07) is 11.3. The number of benzene rings is 2. The van der Waals surface area contributed by atoms with Crippen molar-refractivity contribution < 1.29 is 13.6 Å². The maximum atomic E-state index is 13.5. The highest BCUT2D eigenvalue weighted by atomic mass is 19.2. The lowest BCUT2D eigenvalue weighted by Crippen LogP contribution is -2.46. The van der Waals surface area contributed by atoms with Crippen LogP contribution < -0.4 is 15.5 Å². The molecule has 1 fully saturated rings. The molecule has 0 aliphatic carbocycles. The van der Waals surface area contributed by atoms with E-state index in [4.69, 9.17) is 0 Å². The van der Waals surface area contributed by atoms with Gasteiger partial charge in [0.05, 0.1) is 5.69 Å². The van der Waals surface area contributed by atoms with Crippen LogP contribution in [0.15, 0.2) is 48.7 Å². The van der Waals surface area contributed by atoms with Crippen LogP contribution >= 0.6 is 0 Å². The molecule has 1 aromatic heterocycles. The van der Waals surface area contributed by atoms with Crippen LogP contribution in [0, 0.1) is 18.6 Å². The van der Waals surface area contributed by atoms with E-state index in [2.05, 4.69) is 15.6 Å². The molecular weight excluding hydrogens is 374 g/mol. The molecule has 150 valence electrons. The number of aryl methyl sites for hydroxylation is 1. The van der Waals surface area contributed by atoms with Crippen LogP contribution in [0.3, 0.4) is 0 Å². The van der Waals surface area contributed by atoms with E-state index in [0.29, 0.717) is 18.8 Å². The molecule has 0 spiro atoms. The summed E-state index contributed by atoms with van der Waals surface area (Å²) in [5.74, 6) is -1.69. The Hall–Kier alpha value is -3.22. The van der Waals surface area contributed by atoms with Gasteiger partial charge in [-0.05, 0) is 44.0 Å². The van der Waals surface area contributed by atoms with E-state index in [1.807, 2.05) is 36.1 Å². The average Bonchev–Trinajstić information content (AvgIpc) is 2.71. The first-order valence-corrected chi connectivity index (χ1v) is 9.63. The SMILES string of the molecule is Cc1nccc2c(NC(=O)NC3CCN(c4ccc(F)c(F)c4)CC3)cccc12. The Morgan fingerprint density at radius 3 is 2.62 bits per heavy atom. The van der Waals surface area contributed by atoms with E-state index < -0.39 is 11.6 Å². The van der Waals surface area contributed by atoms with Crippen molar-refractivity contribution >= 4 is 28.2 Å². The molecule has 2 amide bonds. The molecule has 29 heavy (non-hydrogen) atoms. The number of amides is 2. The molecule has 1 saturated heterocycles. The van der Waals surface area contributed by atoms with Crippen molar-refractivity contribution in [1.29, 1.82) is 0 Å². The zero-order valence-electron chi connectivity index (χ0n) is 16.1. The van der Waals surface area contributed by atoms with Gasteiger partial charge in [-0.1, -0.05) is 12.1 Å². The summed E-state index contributed by atoms with van der Waals surface area (Å²) < 4.78 is 26.6. The topological polar surface area (TPSA) is 57.3 Å². The predicted octanol–water partition coefficient (Wildman–Crippen LogP) is 4.61. The highest BCUT2D eigenvalue weighted by Gasteiger charge is 2.22. The number of anilines is 2. The van der Waals surface area contributed by atoms with Crippen molar-refractivity contribution in [2.45, 2.75) is 25.8 Å². The lowest BCUT2D eigenvalue weighted by Gasteiger charge is -2.34. The highest BCUT2D eigenvalue weighted by Crippen LogP contribution is 2.25. The van der Waals surface area contributed by atoms with Gasteiger partial charge in [0, 0.05) is 53.5 Å². The Labute approximate surface area is 167 Å². The van der Waals surface area contributed by atoms with Crippen molar-refractivity contribution in [3.8, 4) is 0 Å². The molecule has 2 heterocycles. The first-order chi connectivity index (χ1) is 14.0. The number of rotatable bonds is 3. The van der Waals surface area contributed by atoms with Gasteiger partial charge in [0.15, 0.2) is 11.6 Å². The van der Waals surface area contributed by atoms with Gasteiger partial charge in [-0.2, -0.15) is 0 Å². The molecule has 0 unspecified atom stereocenters. The Bertz CT molecular complexity index is 1050. The van der Waals surface area contributed by atoms with Crippen LogP contribution in [0.1, 0.15) is 18.5 Å². The minimum absolute atomic E-state index is 0.0231. The summed E-state index contributed by atoms with van der Waals surface area (Å²) in [6.45, 7) is 3.26. The van der Waals surface area contributed by atoms with Gasteiger partial charge in [0.2, 0.25) is 0 Å². The number of nitrogens with zero attached hydrogens (tertiary/aromatic N) is 2. The number of nitrogens with one attached hydrogen (secondary N) is 2. The summed E-state index contributed by atoms with van der Waals surface area (Å²) in [4.78, 5) is 18.8. The molecule has 0 saturated carbocycles. The van der Waals surface area contributed by atoms with Crippen molar-refractivity contribution in [1.82, 2.24) is 10.3 Å². The summed E-state index contributed by atoms with van der Waals surface area (Å²) >= 11 is 0. The number of halogens is 2. The van der Waals surface area contributed by atoms with Crippen LogP contribution in [-0.2, 0) is 0 Å². The Morgan fingerprint density at radius 1 is 1.07 bits per heavy atom. The fourth-order valence-electron chi connectivity index (χ4n) is 3.77. The first kappa shape index (κ1) is 19.1. The standard InChI is InChI=1S/C22H22F2N4O/c1-14-17-3-2-4-21(18(17)7-10-25-14)27-22(29)26-15-8-11-28(12-9-15)16-5-6-19(23)20(24)13-16/h2-7,10,13,15H,8-9,11-12H2,1H3,(H2,26,27,29). The van der Waals surface area contributed by atoms with Crippen molar-refractivity contribution in [3.05, 3.63) is 66.0 Å². The van der Waals surface area contributed by atoms with Crippen LogP contribution in [-0.4, -0.2) is 30.1 Å². The number of carbonyl (C=O) groups excluding carboxylic acids is 1. The molecule has 2 N–H and O–H groups in total. The zero-order valence-corrected chi connectivity index (χ0v) is 16.1. The molecule has 7 heteroatoms. The molecule has 0 radical (unpaired) electrons. The van der Waals surface area contributed by atoms with Gasteiger partial charge in [-0.25, -0.2) is 13.6 Å². The zero-order chi connectivity index (χ0) is 20.4. The van der Waals surface area contributed by atoms with E-state index in [1.54, 1.807) is 12.3 Å². The molecular formula is C22H22F2N4O. The average molecular weight is 396 g/mol. The summed E-state index contributed by atoms with van der Waals surface area (Å²) in [6.07, 6.45) is 3.19. The largest absolute Gasteiger partial charge is 0.371 e. The van der Waals surface area contributed by atoms with Crippen molar-refractivity contribution in [2.24, 2.45) is 0 Å². The van der Waals surface area contributed by atoms with Crippen LogP contribution in [0.5, 0.6) is 0 Å². The van der Waals surface area contributed by atoms with Gasteiger partial charge >= 0.3 is 6.03 Å². The van der Waals surface area contributed by atoms with E-state index in [0.717, 1.165) is 41.1 Å². The highest BCUT2D eigenvalue weighted by molar-refractivity contribution is 6.02. The minimum atomic E-state index is -0.846. The van der Waals surface area contributed by atoms with Gasteiger partial charge in [-0.3, -0.25) is 4.98 Å². The van der Waals surface area contributed by atoms with E-state index in [9.17, 15) is 13.6 Å². The Morgan fingerprint density at radius 2 is 1.86 bits per heavy atom. The lowest BCUT2D eigenvalue weighted by atomic mass is 10.0. The normalized spacial score (nSPS) is 14.8. The number of pyridine rings is 1. The Balaban J connectivity index is 1.36. The summed E-state index contributed by atoms with van der Waals surface area (Å²) in [7, 11) is 0. The third-order valence-corrected chi connectivity index (χ3v) is 5.35. The molecule has 1 aliphatic heterocycles. The smallest absolute Gasteiger partial charge is 0.319 e. The van der Waals surface area contributed by atoms with Crippen LogP contribution in [0.2, 0.25) is 0 Å². The molecule has 5 nitrogen and oxygen atoms in total. The third-order valence-electron chi connectivity index (χ3n) is 5.35. The second-order valence-electron chi connectivity index (χ2n) is 7.26. The quantitative estimate of drug-likeness (QED) is 0.680. The monoisotopic (exact) mass is 396 g/mol. The fraction of sp³-hybridized carbons (Fsp3) is 0.273. The number of hydrogen-bond acceptors (Lipinski definition) is 3. The van der Waals surface area contributed by atoms with E-state index >= 15 is 0 Å². The Kier molecular flexibility index (Phi) is 5.29. The third kappa shape index (κ3) is 4.13. The molecule has 2 aromatic carbocycles. The minimum Gasteiger partial charge on any atom is -0.371 e. The molecule has 0 atom stereocenters. The van der Waals surface area contributed by atoms with Crippen LogP contribution in [0.25, 0.3) is 10.8 Å². The second kappa shape index (κ2) is 8.03. The number of aromatic nitrogens is 1. The summed E-state index contributed by atoms with van der Waals surface area (Å²) in [5.41, 5.74) is 2.31. The summed E-state index contributed by atoms with van der Waals surface area (Å²) in [5, 5.41) is 7.90. The van der Waals surface area contributed by atoms with Crippen molar-refractivity contribution in [3.63, 3.8) is 0 Å². The predicted molar refractivity (Wildman–Crippen MR) is 110 cm³/mol. The maximum absolute atomic E-state index is 13.5. The number of hydrogen-bond donors (Lipinski definition) is 2. The lowest BCUT2D eigenvalue weighted by molar-refractivity contribution is 0.246. The first-order valence-electron chi connectivity index (χ1n) is 9.63. The van der Waals surface area contributed by atoms with Gasteiger partial charge < -0.3 is 15.5 Å². The molecule has 4 rings (SSSR count). The number of carbonyl (C=O) groups is 1. The van der Waals surface area contributed by atoms with Crippen LogP contribution in [0.4, 0.5) is 25.0 Å². The number of fused-ring (bicyclic) bond motifs is 1. The van der Waals surface area contributed by atoms with Gasteiger partial charge in [0.25, 0.3) is 0 Å². The fourth-order valence-corrected chi connectivity index (χ4v) is 3.77. The number of urea groups is 1. The van der Waals surface area contributed by atoms with Gasteiger partial charge in [0.1, 0.15) is 0 Å². The molecule has 0 bridgehead atoms. The molecule has 1 aliphatic rings. The van der Waals surface area contributed by atoms with E-state index in [1.165, 1.54) is 6.07 Å². The maximum Gasteiger partial charge on any atom is 0.319 e. The molecule has 3 aromatic rings. The van der Waals surface area contributed by atoms with Crippen molar-refractivity contribution in [2.75, 3.05) is 23.3 Å².